The van der Waals surface area contributed by atoms with Crippen LogP contribution in [0.2, 0.25) is 0 Å². The predicted octanol–water partition coefficient (Wildman–Crippen LogP) is 5.53. The summed E-state index contributed by atoms with van der Waals surface area (Å²) in [6.07, 6.45) is 1.89. The van der Waals surface area contributed by atoms with E-state index in [1.165, 1.54) is 16.7 Å². The third kappa shape index (κ3) is 7.17. The molecule has 0 unspecified atom stereocenters. The van der Waals surface area contributed by atoms with Crippen molar-refractivity contribution < 1.29 is 9.16 Å². The highest BCUT2D eigenvalue weighted by atomic mass is 28.2. The second kappa shape index (κ2) is 11.4. The van der Waals surface area contributed by atoms with Crippen LogP contribution in [0.25, 0.3) is 0 Å². The van der Waals surface area contributed by atoms with Gasteiger partial charge in [-0.2, -0.15) is 0 Å². The highest BCUT2D eigenvalue weighted by Gasteiger charge is 2.33. The largest absolute Gasteiger partial charge is 0.422 e. The molecule has 0 spiro atoms. The lowest BCUT2D eigenvalue weighted by atomic mass is 9.78. The normalized spacial score (nSPS) is 12.5. The van der Waals surface area contributed by atoms with Crippen LogP contribution in [0.15, 0.2) is 91.0 Å². The molecule has 0 N–H and O–H groups in total. The summed E-state index contributed by atoms with van der Waals surface area (Å²) in [5.41, 5.74) is 3.96. The Morgan fingerprint density at radius 2 is 1.16 bits per heavy atom. The number of benzene rings is 3. The average molecular weight is 433 g/mol. The van der Waals surface area contributed by atoms with E-state index in [-0.39, 0.29) is 10.5 Å². The zero-order valence-corrected chi connectivity index (χ0v) is 20.6. The third-order valence-corrected chi connectivity index (χ3v) is 7.42. The molecule has 3 aromatic carbocycles. The summed E-state index contributed by atoms with van der Waals surface area (Å²) in [7, 11) is -0.796. The predicted molar refractivity (Wildman–Crippen MR) is 133 cm³/mol. The zero-order chi connectivity index (χ0) is 22.0. The molecule has 2 nitrogen and oxygen atoms in total. The Kier molecular flexibility index (Phi) is 8.65. The minimum Gasteiger partial charge on any atom is -0.422 e. The molecule has 164 valence electrons. The van der Waals surface area contributed by atoms with Gasteiger partial charge in [0.15, 0.2) is 9.76 Å². The van der Waals surface area contributed by atoms with Gasteiger partial charge in [-0.1, -0.05) is 105 Å². The van der Waals surface area contributed by atoms with Crippen LogP contribution in [-0.4, -0.2) is 29.6 Å². The molecule has 0 fully saturated rings. The Hall–Kier alpha value is -2.20. The van der Waals surface area contributed by atoms with E-state index in [0.717, 1.165) is 26.1 Å². The Labute approximate surface area is 190 Å². The van der Waals surface area contributed by atoms with Crippen molar-refractivity contribution >= 4 is 9.76 Å². The number of hydrogen-bond donors (Lipinski definition) is 0. The Morgan fingerprint density at radius 1 is 0.677 bits per heavy atom. The van der Waals surface area contributed by atoms with E-state index in [9.17, 15) is 0 Å². The summed E-state index contributed by atoms with van der Waals surface area (Å²) in [6.45, 7) is 8.84. The Bertz CT molecular complexity index is 837. The van der Waals surface area contributed by atoms with Gasteiger partial charge >= 0.3 is 0 Å². The van der Waals surface area contributed by atoms with Crippen molar-refractivity contribution in [3.05, 3.63) is 108 Å². The molecule has 0 aliphatic rings. The lowest BCUT2D eigenvalue weighted by Crippen LogP contribution is -2.40. The molecule has 0 saturated carbocycles. The van der Waals surface area contributed by atoms with Crippen molar-refractivity contribution in [1.29, 1.82) is 0 Å². The molecule has 0 heterocycles. The molecule has 0 bridgehead atoms. The maximum Gasteiger partial charge on any atom is 0.171 e. The van der Waals surface area contributed by atoms with Gasteiger partial charge in [0.05, 0.1) is 6.61 Å². The topological polar surface area (TPSA) is 18.5 Å². The molecule has 0 atom stereocenters. The standard InChI is InChI=1S/C28H36O2Si/c1-4-29-22-28(20-24-14-8-5-9-15-24,21-25-16-10-6-11-17-25)23-30-31-27(2,3)26-18-12-7-13-19-26/h5-19H,4,20-23,31H2,1-3H3. The van der Waals surface area contributed by atoms with Crippen molar-refractivity contribution in [2.24, 2.45) is 5.41 Å². The highest BCUT2D eigenvalue weighted by Crippen LogP contribution is 2.31. The molecule has 3 heteroatoms. The van der Waals surface area contributed by atoms with Crippen molar-refractivity contribution in [1.82, 2.24) is 0 Å². The summed E-state index contributed by atoms with van der Waals surface area (Å²) < 4.78 is 12.7. The number of hydrogen-bond acceptors (Lipinski definition) is 2. The Morgan fingerprint density at radius 3 is 1.65 bits per heavy atom. The van der Waals surface area contributed by atoms with E-state index in [0.29, 0.717) is 6.61 Å². The number of rotatable bonds is 12. The minimum absolute atomic E-state index is 0.0848. The van der Waals surface area contributed by atoms with Crippen LogP contribution in [0.1, 0.15) is 37.5 Å². The first-order valence-corrected chi connectivity index (χ1v) is 12.6. The van der Waals surface area contributed by atoms with Gasteiger partial charge in [-0.3, -0.25) is 0 Å². The first-order valence-electron chi connectivity index (χ1n) is 11.3. The quantitative estimate of drug-likeness (QED) is 0.350. The molecule has 3 rings (SSSR count). The van der Waals surface area contributed by atoms with Gasteiger partial charge in [-0.15, -0.1) is 0 Å². The molecule has 0 saturated heterocycles. The smallest absolute Gasteiger partial charge is 0.171 e. The minimum atomic E-state index is -0.796. The summed E-state index contributed by atoms with van der Waals surface area (Å²) in [5, 5.41) is 0.0953. The molecule has 3 aromatic rings. The fourth-order valence-corrected chi connectivity index (χ4v) is 5.63. The van der Waals surface area contributed by atoms with E-state index in [2.05, 4.69) is 112 Å². The fraction of sp³-hybridized carbons (Fsp3) is 0.357. The highest BCUT2D eigenvalue weighted by molar-refractivity contribution is 6.32. The van der Waals surface area contributed by atoms with E-state index in [1.54, 1.807) is 0 Å². The van der Waals surface area contributed by atoms with E-state index >= 15 is 0 Å². The van der Waals surface area contributed by atoms with Gasteiger partial charge < -0.3 is 9.16 Å². The van der Waals surface area contributed by atoms with Crippen LogP contribution >= 0.6 is 0 Å². The van der Waals surface area contributed by atoms with Gasteiger partial charge in [0.1, 0.15) is 0 Å². The molecule has 0 amide bonds. The molecular formula is C28H36O2Si. The summed E-state index contributed by atoms with van der Waals surface area (Å²) in [5.74, 6) is 0. The monoisotopic (exact) mass is 432 g/mol. The average Bonchev–Trinajstić information content (AvgIpc) is 2.79. The third-order valence-electron chi connectivity index (χ3n) is 5.88. The van der Waals surface area contributed by atoms with Gasteiger partial charge in [0.2, 0.25) is 0 Å². The van der Waals surface area contributed by atoms with Crippen LogP contribution in [0.3, 0.4) is 0 Å². The maximum atomic E-state index is 6.62. The van der Waals surface area contributed by atoms with Gasteiger partial charge in [0.25, 0.3) is 0 Å². The summed E-state index contributed by atoms with van der Waals surface area (Å²) >= 11 is 0. The molecule has 0 radical (unpaired) electrons. The van der Waals surface area contributed by atoms with E-state index in [1.807, 2.05) is 0 Å². The fourth-order valence-electron chi connectivity index (χ4n) is 4.18. The lowest BCUT2D eigenvalue weighted by molar-refractivity contribution is 0.0179. The van der Waals surface area contributed by atoms with Gasteiger partial charge in [0, 0.05) is 23.7 Å². The van der Waals surface area contributed by atoms with Crippen LogP contribution in [0, 0.1) is 5.41 Å². The second-order valence-corrected chi connectivity index (χ2v) is 11.7. The van der Waals surface area contributed by atoms with Crippen molar-refractivity contribution in [2.75, 3.05) is 19.8 Å². The summed E-state index contributed by atoms with van der Waals surface area (Å²) in [4.78, 5) is 0. The molecule has 31 heavy (non-hydrogen) atoms. The van der Waals surface area contributed by atoms with Gasteiger partial charge in [-0.05, 0) is 36.5 Å². The van der Waals surface area contributed by atoms with Crippen LogP contribution in [0.5, 0.6) is 0 Å². The molecular weight excluding hydrogens is 396 g/mol. The van der Waals surface area contributed by atoms with Gasteiger partial charge in [-0.25, -0.2) is 0 Å². The van der Waals surface area contributed by atoms with Crippen molar-refractivity contribution in [3.63, 3.8) is 0 Å². The number of ether oxygens (including phenoxy) is 1. The zero-order valence-electron chi connectivity index (χ0n) is 19.2. The van der Waals surface area contributed by atoms with E-state index < -0.39 is 9.76 Å². The second-order valence-electron chi connectivity index (χ2n) is 9.20. The molecule has 0 aliphatic carbocycles. The molecule has 0 aliphatic heterocycles. The van der Waals surface area contributed by atoms with Crippen molar-refractivity contribution in [2.45, 2.75) is 38.7 Å². The van der Waals surface area contributed by atoms with Crippen molar-refractivity contribution in [3.8, 4) is 0 Å². The lowest BCUT2D eigenvalue weighted by Gasteiger charge is -2.35. The maximum absolute atomic E-state index is 6.62. The SMILES string of the molecule is CCOCC(CO[SiH2]C(C)(C)c1ccccc1)(Cc1ccccc1)Cc1ccccc1. The first-order chi connectivity index (χ1) is 15.0. The van der Waals surface area contributed by atoms with E-state index in [4.69, 9.17) is 9.16 Å². The van der Waals surface area contributed by atoms with Crippen LogP contribution < -0.4 is 0 Å². The first kappa shape index (κ1) is 23.5. The Balaban J connectivity index is 1.80. The molecule has 0 aromatic heterocycles. The van der Waals surface area contributed by atoms with Crippen LogP contribution in [0.4, 0.5) is 0 Å². The van der Waals surface area contributed by atoms with Crippen LogP contribution in [-0.2, 0) is 27.0 Å². The summed E-state index contributed by atoms with van der Waals surface area (Å²) in [6, 6.07) is 32.3.